The molecule has 4 nitrogen and oxygen atoms in total. The summed E-state index contributed by atoms with van der Waals surface area (Å²) in [6.45, 7) is 6.43. The van der Waals surface area contributed by atoms with Crippen molar-refractivity contribution in [3.8, 4) is 5.75 Å². The number of rotatable bonds is 6. The van der Waals surface area contributed by atoms with Gasteiger partial charge in [-0.05, 0) is 35.2 Å². The Morgan fingerprint density at radius 1 is 1.00 bits per heavy atom. The lowest BCUT2D eigenvalue weighted by molar-refractivity contribution is -0.116. The van der Waals surface area contributed by atoms with Crippen LogP contribution < -0.4 is 10.1 Å². The summed E-state index contributed by atoms with van der Waals surface area (Å²) in [6, 6.07) is 14.8. The van der Waals surface area contributed by atoms with Crippen LogP contribution in [0.3, 0.4) is 0 Å². The van der Waals surface area contributed by atoms with E-state index in [1.54, 1.807) is 31.4 Å². The molecule has 0 bridgehead atoms. The summed E-state index contributed by atoms with van der Waals surface area (Å²) < 4.78 is 5.11. The zero-order valence-corrected chi connectivity index (χ0v) is 15.3. The predicted molar refractivity (Wildman–Crippen MR) is 100 cm³/mol. The zero-order valence-electron chi connectivity index (χ0n) is 15.3. The minimum absolute atomic E-state index is 0.0721. The molecule has 0 aliphatic rings. The molecule has 0 aromatic heterocycles. The number of nitrogens with one attached hydrogen (secondary N) is 1. The summed E-state index contributed by atoms with van der Waals surface area (Å²) in [6.07, 6.45) is 0.316. The van der Waals surface area contributed by atoms with E-state index < -0.39 is 0 Å². The molecule has 0 unspecified atom stereocenters. The van der Waals surface area contributed by atoms with Crippen LogP contribution in [0, 0.1) is 0 Å². The molecule has 1 N–H and O–H groups in total. The third-order valence-corrected chi connectivity index (χ3v) is 4.01. The summed E-state index contributed by atoms with van der Waals surface area (Å²) in [5, 5.41) is 2.83. The number of methoxy groups -OCH3 is 1. The van der Waals surface area contributed by atoms with Gasteiger partial charge < -0.3 is 10.1 Å². The number of carbonyl (C=O) groups excluding carboxylic acids is 2. The van der Waals surface area contributed by atoms with E-state index in [1.165, 1.54) is 5.56 Å². The first kappa shape index (κ1) is 18.7. The minimum Gasteiger partial charge on any atom is -0.497 e. The van der Waals surface area contributed by atoms with Crippen molar-refractivity contribution in [3.05, 3.63) is 59.7 Å². The molecule has 2 aromatic rings. The maximum absolute atomic E-state index is 12.2. The highest BCUT2D eigenvalue weighted by Gasteiger charge is 2.14. The average Bonchev–Trinajstić information content (AvgIpc) is 2.59. The number of Topliss-reactive ketones (excluding diaryl/α,β-unsaturated/α-hetero) is 1. The smallest absolute Gasteiger partial charge is 0.224 e. The fourth-order valence-corrected chi connectivity index (χ4v) is 2.44. The van der Waals surface area contributed by atoms with Crippen LogP contribution in [-0.2, 0) is 10.2 Å². The standard InChI is InChI=1S/C21H25NO3/c1-21(2,3)16-8-10-17(11-9-16)22-20(24)13-12-19(23)15-6-5-7-18(14-15)25-4/h5-11,14H,12-13H2,1-4H3,(H,22,24). The number of anilines is 1. The van der Waals surface area contributed by atoms with E-state index in [0.29, 0.717) is 11.3 Å². The van der Waals surface area contributed by atoms with Crippen molar-refractivity contribution in [1.29, 1.82) is 0 Å². The van der Waals surface area contributed by atoms with E-state index in [4.69, 9.17) is 4.74 Å². The van der Waals surface area contributed by atoms with Crippen molar-refractivity contribution >= 4 is 17.4 Å². The summed E-state index contributed by atoms with van der Waals surface area (Å²) in [7, 11) is 1.56. The molecule has 2 rings (SSSR count). The Balaban J connectivity index is 1.89. The largest absolute Gasteiger partial charge is 0.497 e. The van der Waals surface area contributed by atoms with E-state index in [9.17, 15) is 9.59 Å². The van der Waals surface area contributed by atoms with Crippen LogP contribution >= 0.6 is 0 Å². The van der Waals surface area contributed by atoms with Crippen LogP contribution in [0.25, 0.3) is 0 Å². The summed E-state index contributed by atoms with van der Waals surface area (Å²) >= 11 is 0. The molecule has 0 spiro atoms. The van der Waals surface area contributed by atoms with Gasteiger partial charge in [-0.25, -0.2) is 0 Å². The van der Waals surface area contributed by atoms with Crippen molar-refractivity contribution < 1.29 is 14.3 Å². The van der Waals surface area contributed by atoms with Gasteiger partial charge in [0, 0.05) is 24.1 Å². The molecule has 25 heavy (non-hydrogen) atoms. The van der Waals surface area contributed by atoms with E-state index in [0.717, 1.165) is 5.69 Å². The summed E-state index contributed by atoms with van der Waals surface area (Å²) in [5.74, 6) is 0.395. The third-order valence-electron chi connectivity index (χ3n) is 4.01. The molecule has 0 fully saturated rings. The van der Waals surface area contributed by atoms with Crippen LogP contribution in [0.1, 0.15) is 49.5 Å². The van der Waals surface area contributed by atoms with E-state index in [2.05, 4.69) is 26.1 Å². The fourth-order valence-electron chi connectivity index (χ4n) is 2.44. The number of hydrogen-bond acceptors (Lipinski definition) is 3. The second kappa shape index (κ2) is 7.97. The van der Waals surface area contributed by atoms with E-state index in [-0.39, 0.29) is 29.9 Å². The SMILES string of the molecule is COc1cccc(C(=O)CCC(=O)Nc2ccc(C(C)(C)C)cc2)c1. The average molecular weight is 339 g/mol. The highest BCUT2D eigenvalue weighted by atomic mass is 16.5. The highest BCUT2D eigenvalue weighted by molar-refractivity contribution is 6.00. The van der Waals surface area contributed by atoms with Crippen molar-refractivity contribution in [2.24, 2.45) is 0 Å². The van der Waals surface area contributed by atoms with E-state index in [1.807, 2.05) is 24.3 Å². The summed E-state index contributed by atoms with van der Waals surface area (Å²) in [4.78, 5) is 24.3. The van der Waals surface area contributed by atoms with Crippen LogP contribution in [0.4, 0.5) is 5.69 Å². The maximum atomic E-state index is 12.2. The first-order valence-electron chi connectivity index (χ1n) is 8.37. The summed E-state index contributed by atoms with van der Waals surface area (Å²) in [5.41, 5.74) is 2.58. The zero-order chi connectivity index (χ0) is 18.4. The molecule has 0 aliphatic heterocycles. The highest BCUT2D eigenvalue weighted by Crippen LogP contribution is 2.23. The molecule has 1 amide bonds. The molecular weight excluding hydrogens is 314 g/mol. The fraction of sp³-hybridized carbons (Fsp3) is 0.333. The minimum atomic E-state index is -0.167. The number of ketones is 1. The molecular formula is C21H25NO3. The van der Waals surface area contributed by atoms with Gasteiger partial charge in [0.2, 0.25) is 5.91 Å². The van der Waals surface area contributed by atoms with Gasteiger partial charge in [0.1, 0.15) is 5.75 Å². The van der Waals surface area contributed by atoms with Gasteiger partial charge in [-0.3, -0.25) is 9.59 Å². The van der Waals surface area contributed by atoms with Gasteiger partial charge in [0.15, 0.2) is 5.78 Å². The Bertz CT molecular complexity index is 742. The maximum Gasteiger partial charge on any atom is 0.224 e. The number of hydrogen-bond donors (Lipinski definition) is 1. The third kappa shape index (κ3) is 5.45. The van der Waals surface area contributed by atoms with Gasteiger partial charge in [-0.1, -0.05) is 45.0 Å². The van der Waals surface area contributed by atoms with Crippen molar-refractivity contribution in [2.45, 2.75) is 39.0 Å². The van der Waals surface area contributed by atoms with Crippen LogP contribution in [0.2, 0.25) is 0 Å². The van der Waals surface area contributed by atoms with Gasteiger partial charge >= 0.3 is 0 Å². The van der Waals surface area contributed by atoms with Gasteiger partial charge in [0.05, 0.1) is 7.11 Å². The normalized spacial score (nSPS) is 11.0. The molecule has 0 atom stereocenters. The lowest BCUT2D eigenvalue weighted by Gasteiger charge is -2.19. The lowest BCUT2D eigenvalue weighted by Crippen LogP contribution is -2.14. The van der Waals surface area contributed by atoms with Gasteiger partial charge in [0.25, 0.3) is 0 Å². The second-order valence-corrected chi connectivity index (χ2v) is 7.03. The number of ether oxygens (including phenoxy) is 1. The molecule has 132 valence electrons. The predicted octanol–water partition coefficient (Wildman–Crippen LogP) is 4.59. The van der Waals surface area contributed by atoms with E-state index >= 15 is 0 Å². The number of amides is 1. The Kier molecular flexibility index (Phi) is 5.97. The van der Waals surface area contributed by atoms with Crippen LogP contribution in [0.15, 0.2) is 48.5 Å². The van der Waals surface area contributed by atoms with Crippen molar-refractivity contribution in [1.82, 2.24) is 0 Å². The lowest BCUT2D eigenvalue weighted by atomic mass is 9.87. The van der Waals surface area contributed by atoms with Gasteiger partial charge in [-0.15, -0.1) is 0 Å². The molecule has 0 saturated carbocycles. The van der Waals surface area contributed by atoms with Crippen molar-refractivity contribution in [3.63, 3.8) is 0 Å². The monoisotopic (exact) mass is 339 g/mol. The Morgan fingerprint density at radius 2 is 1.68 bits per heavy atom. The number of benzene rings is 2. The van der Waals surface area contributed by atoms with Crippen LogP contribution in [-0.4, -0.2) is 18.8 Å². The molecule has 0 radical (unpaired) electrons. The van der Waals surface area contributed by atoms with Gasteiger partial charge in [-0.2, -0.15) is 0 Å². The molecule has 0 saturated heterocycles. The molecule has 4 heteroatoms. The Labute approximate surface area is 149 Å². The Hall–Kier alpha value is -2.62. The first-order chi connectivity index (χ1) is 11.8. The topological polar surface area (TPSA) is 55.4 Å². The molecule has 2 aromatic carbocycles. The number of carbonyl (C=O) groups is 2. The Morgan fingerprint density at radius 3 is 2.28 bits per heavy atom. The molecule has 0 heterocycles. The molecule has 0 aliphatic carbocycles. The second-order valence-electron chi connectivity index (χ2n) is 7.03. The van der Waals surface area contributed by atoms with Crippen molar-refractivity contribution in [2.75, 3.05) is 12.4 Å². The van der Waals surface area contributed by atoms with Crippen LogP contribution in [0.5, 0.6) is 5.75 Å². The first-order valence-corrected chi connectivity index (χ1v) is 8.37. The quantitative estimate of drug-likeness (QED) is 0.783.